The number of nitrogens with zero attached hydrogens (tertiary/aromatic N) is 1. The van der Waals surface area contributed by atoms with Gasteiger partial charge < -0.3 is 5.73 Å². The SMILES string of the molecule is CCC[N+]1(c2c(C)cccc2C)CCCCC1C(N)=O. The zero-order chi connectivity index (χ0) is 14.8. The summed E-state index contributed by atoms with van der Waals surface area (Å²) in [7, 11) is 0. The number of carbonyl (C=O) groups is 1. The summed E-state index contributed by atoms with van der Waals surface area (Å²) in [5.74, 6) is -0.138. The lowest BCUT2D eigenvalue weighted by Gasteiger charge is -2.47. The van der Waals surface area contributed by atoms with E-state index in [-0.39, 0.29) is 11.9 Å². The Bertz CT molecular complexity index is 474. The summed E-state index contributed by atoms with van der Waals surface area (Å²) in [6.07, 6.45) is 4.28. The molecule has 2 atom stereocenters. The molecule has 0 aliphatic carbocycles. The third-order valence-corrected chi connectivity index (χ3v) is 4.72. The minimum atomic E-state index is -0.138. The molecule has 110 valence electrons. The molecule has 0 bridgehead atoms. The summed E-state index contributed by atoms with van der Waals surface area (Å²) in [5.41, 5.74) is 9.66. The Morgan fingerprint density at radius 3 is 2.50 bits per heavy atom. The fourth-order valence-electron chi connectivity index (χ4n) is 4.07. The first-order valence-corrected chi connectivity index (χ1v) is 7.76. The second-order valence-corrected chi connectivity index (χ2v) is 6.14. The lowest BCUT2D eigenvalue weighted by Crippen LogP contribution is -2.64. The van der Waals surface area contributed by atoms with E-state index >= 15 is 0 Å². The minimum absolute atomic E-state index is 0.0662. The molecule has 0 saturated carbocycles. The first-order valence-electron chi connectivity index (χ1n) is 7.76. The smallest absolute Gasteiger partial charge is 0.276 e. The molecule has 1 fully saturated rings. The predicted molar refractivity (Wildman–Crippen MR) is 84.6 cm³/mol. The Kier molecular flexibility index (Phi) is 4.48. The summed E-state index contributed by atoms with van der Waals surface area (Å²) >= 11 is 0. The van der Waals surface area contributed by atoms with Crippen LogP contribution in [0.1, 0.15) is 43.7 Å². The van der Waals surface area contributed by atoms with Gasteiger partial charge in [-0.15, -0.1) is 0 Å². The molecule has 1 aliphatic heterocycles. The van der Waals surface area contributed by atoms with Gasteiger partial charge in [-0.1, -0.05) is 25.1 Å². The molecule has 0 aromatic heterocycles. The quantitative estimate of drug-likeness (QED) is 0.843. The van der Waals surface area contributed by atoms with Gasteiger partial charge in [0.05, 0.1) is 13.1 Å². The molecule has 1 saturated heterocycles. The summed E-state index contributed by atoms with van der Waals surface area (Å²) in [5, 5.41) is 0. The molecule has 2 unspecified atom stereocenters. The van der Waals surface area contributed by atoms with E-state index in [4.69, 9.17) is 5.73 Å². The third-order valence-electron chi connectivity index (χ3n) is 4.72. The van der Waals surface area contributed by atoms with E-state index in [1.165, 1.54) is 23.2 Å². The van der Waals surface area contributed by atoms with Crippen molar-refractivity contribution in [3.8, 4) is 0 Å². The van der Waals surface area contributed by atoms with Gasteiger partial charge in [-0.2, -0.15) is 0 Å². The van der Waals surface area contributed by atoms with Crippen LogP contribution >= 0.6 is 0 Å². The Balaban J connectivity index is 2.60. The van der Waals surface area contributed by atoms with Gasteiger partial charge in [0.1, 0.15) is 5.69 Å². The van der Waals surface area contributed by atoms with E-state index in [1.54, 1.807) is 0 Å². The second kappa shape index (κ2) is 5.96. The number of primary amides is 1. The van der Waals surface area contributed by atoms with Gasteiger partial charge in [0.25, 0.3) is 5.91 Å². The molecule has 3 nitrogen and oxygen atoms in total. The first-order chi connectivity index (χ1) is 9.53. The van der Waals surface area contributed by atoms with E-state index in [2.05, 4.69) is 39.0 Å². The van der Waals surface area contributed by atoms with Crippen molar-refractivity contribution in [3.05, 3.63) is 29.3 Å². The lowest BCUT2D eigenvalue weighted by atomic mass is 9.92. The van der Waals surface area contributed by atoms with Crippen LogP contribution in [0.4, 0.5) is 5.69 Å². The molecule has 1 heterocycles. The van der Waals surface area contributed by atoms with Crippen LogP contribution < -0.4 is 10.2 Å². The highest BCUT2D eigenvalue weighted by Crippen LogP contribution is 2.38. The number of benzene rings is 1. The monoisotopic (exact) mass is 275 g/mol. The van der Waals surface area contributed by atoms with Crippen LogP contribution in [-0.2, 0) is 4.79 Å². The van der Waals surface area contributed by atoms with Crippen LogP contribution in [-0.4, -0.2) is 25.0 Å². The molecule has 1 aromatic rings. The van der Waals surface area contributed by atoms with E-state index in [0.29, 0.717) is 0 Å². The molecule has 1 aromatic carbocycles. The van der Waals surface area contributed by atoms with Crippen molar-refractivity contribution >= 4 is 11.6 Å². The van der Waals surface area contributed by atoms with Crippen LogP contribution in [0.15, 0.2) is 18.2 Å². The fraction of sp³-hybridized carbons (Fsp3) is 0.588. The predicted octanol–water partition coefficient (Wildman–Crippen LogP) is 3.06. The maximum absolute atomic E-state index is 12.0. The maximum atomic E-state index is 12.0. The standard InChI is InChI=1S/C17H26N2O/c1-4-11-19(12-6-5-10-15(19)17(18)20)16-13(2)8-7-9-14(16)3/h7-9,15H,4-6,10-12H2,1-3H3,(H-,18,20)/p+1. The summed E-state index contributed by atoms with van der Waals surface area (Å²) < 4.78 is 0.768. The summed E-state index contributed by atoms with van der Waals surface area (Å²) in [4.78, 5) is 12.0. The molecule has 1 amide bonds. The number of likely N-dealkylation sites (tertiary alicyclic amines) is 1. The van der Waals surface area contributed by atoms with Crippen molar-refractivity contribution in [2.45, 2.75) is 52.5 Å². The third kappa shape index (κ3) is 2.47. The highest BCUT2D eigenvalue weighted by Gasteiger charge is 2.45. The van der Waals surface area contributed by atoms with Crippen molar-refractivity contribution in [1.82, 2.24) is 4.48 Å². The number of nitrogens with two attached hydrogens (primary N) is 1. The molecule has 0 spiro atoms. The number of quaternary nitrogens is 1. The van der Waals surface area contributed by atoms with Gasteiger partial charge in [-0.25, -0.2) is 0 Å². The number of carbonyl (C=O) groups excluding carboxylic acids is 1. The molecule has 0 radical (unpaired) electrons. The molecular formula is C17H27N2O+. The van der Waals surface area contributed by atoms with Crippen LogP contribution in [0.25, 0.3) is 0 Å². The van der Waals surface area contributed by atoms with E-state index in [9.17, 15) is 4.79 Å². The van der Waals surface area contributed by atoms with Crippen molar-refractivity contribution in [2.75, 3.05) is 13.1 Å². The number of hydrogen-bond donors (Lipinski definition) is 1. The number of aryl methyl sites for hydroxylation is 2. The van der Waals surface area contributed by atoms with E-state index < -0.39 is 0 Å². The fourth-order valence-corrected chi connectivity index (χ4v) is 4.07. The van der Waals surface area contributed by atoms with Gasteiger partial charge in [-0.05, 0) is 33.1 Å². The number of para-hydroxylation sites is 1. The zero-order valence-electron chi connectivity index (χ0n) is 13.0. The highest BCUT2D eigenvalue weighted by molar-refractivity contribution is 5.83. The van der Waals surface area contributed by atoms with Gasteiger partial charge in [0, 0.05) is 17.5 Å². The van der Waals surface area contributed by atoms with Gasteiger partial charge in [0.15, 0.2) is 6.04 Å². The van der Waals surface area contributed by atoms with Crippen molar-refractivity contribution < 1.29 is 4.79 Å². The molecule has 20 heavy (non-hydrogen) atoms. The normalized spacial score (nSPS) is 26.4. The second-order valence-electron chi connectivity index (χ2n) is 6.14. The highest BCUT2D eigenvalue weighted by atomic mass is 16.1. The molecular weight excluding hydrogens is 248 g/mol. The zero-order valence-corrected chi connectivity index (χ0v) is 13.0. The minimum Gasteiger partial charge on any atom is -0.364 e. The number of rotatable bonds is 4. The summed E-state index contributed by atoms with van der Waals surface area (Å²) in [6.45, 7) is 8.54. The van der Waals surface area contributed by atoms with Gasteiger partial charge in [-0.3, -0.25) is 9.28 Å². The Morgan fingerprint density at radius 2 is 1.95 bits per heavy atom. The first kappa shape index (κ1) is 15.0. The summed E-state index contributed by atoms with van der Waals surface area (Å²) in [6, 6.07) is 6.35. The van der Waals surface area contributed by atoms with Crippen LogP contribution in [0.2, 0.25) is 0 Å². The van der Waals surface area contributed by atoms with E-state index in [1.807, 2.05) is 0 Å². The molecule has 2 rings (SSSR count). The van der Waals surface area contributed by atoms with Crippen LogP contribution in [0.5, 0.6) is 0 Å². The Hall–Kier alpha value is -1.35. The lowest BCUT2D eigenvalue weighted by molar-refractivity contribution is -0.124. The number of hydrogen-bond acceptors (Lipinski definition) is 1. The molecule has 3 heteroatoms. The van der Waals surface area contributed by atoms with Crippen molar-refractivity contribution in [2.24, 2.45) is 5.73 Å². The largest absolute Gasteiger partial charge is 0.364 e. The maximum Gasteiger partial charge on any atom is 0.276 e. The van der Waals surface area contributed by atoms with E-state index in [0.717, 1.165) is 36.8 Å². The molecule has 2 N–H and O–H groups in total. The number of amides is 1. The van der Waals surface area contributed by atoms with Gasteiger partial charge in [0.2, 0.25) is 0 Å². The Morgan fingerprint density at radius 1 is 1.30 bits per heavy atom. The average molecular weight is 275 g/mol. The molecule has 1 aliphatic rings. The average Bonchev–Trinajstić information content (AvgIpc) is 2.39. The van der Waals surface area contributed by atoms with Crippen LogP contribution in [0.3, 0.4) is 0 Å². The number of piperidine rings is 1. The topological polar surface area (TPSA) is 43.1 Å². The van der Waals surface area contributed by atoms with Crippen molar-refractivity contribution in [1.29, 1.82) is 0 Å². The van der Waals surface area contributed by atoms with Crippen LogP contribution in [0, 0.1) is 13.8 Å². The Labute approximate surface area is 122 Å². The van der Waals surface area contributed by atoms with Gasteiger partial charge >= 0.3 is 0 Å². The van der Waals surface area contributed by atoms with Crippen molar-refractivity contribution in [3.63, 3.8) is 0 Å².